The maximum Gasteiger partial charge on any atom is 0.256 e. The molecule has 1 atom stereocenters. The van der Waals surface area contributed by atoms with Gasteiger partial charge in [0.05, 0.1) is 5.88 Å². The van der Waals surface area contributed by atoms with Gasteiger partial charge >= 0.3 is 0 Å². The van der Waals surface area contributed by atoms with Gasteiger partial charge in [-0.1, -0.05) is 17.7 Å². The number of nitrogens with zero attached hydrogens (tertiary/aromatic N) is 1. The number of hydrogen-bond donors (Lipinski definition) is 0. The number of anilines is 1. The molecule has 1 saturated heterocycles. The van der Waals surface area contributed by atoms with Crippen LogP contribution in [0.15, 0.2) is 24.3 Å². The number of carbonyl (C=O) groups excluding carboxylic acids is 1. The van der Waals surface area contributed by atoms with Crippen LogP contribution in [0.2, 0.25) is 0 Å². The van der Waals surface area contributed by atoms with Crippen molar-refractivity contribution < 1.29 is 4.79 Å². The summed E-state index contributed by atoms with van der Waals surface area (Å²) in [5.74, 6) is 0.635. The standard InChI is InChI=1S/C10H10ClNOS/c1-7-2-4-8(5-3-7)12-6-14-9(11)10(12)13/h2-5,9H,6H2,1H3. The maximum atomic E-state index is 11.6. The number of halogens is 1. The average molecular weight is 228 g/mol. The predicted molar refractivity (Wildman–Crippen MR) is 60.8 cm³/mol. The van der Waals surface area contributed by atoms with Crippen molar-refractivity contribution in [3.63, 3.8) is 0 Å². The maximum absolute atomic E-state index is 11.6. The quantitative estimate of drug-likeness (QED) is 0.688. The molecule has 0 bridgehead atoms. The summed E-state index contributed by atoms with van der Waals surface area (Å²) in [5.41, 5.74) is 2.12. The number of carbonyl (C=O) groups is 1. The van der Waals surface area contributed by atoms with Gasteiger partial charge in [0, 0.05) is 5.69 Å². The van der Waals surface area contributed by atoms with Crippen molar-refractivity contribution in [3.8, 4) is 0 Å². The minimum absolute atomic E-state index is 0.0134. The van der Waals surface area contributed by atoms with Crippen LogP contribution in [-0.4, -0.2) is 16.5 Å². The number of benzene rings is 1. The van der Waals surface area contributed by atoms with Gasteiger partial charge in [0.15, 0.2) is 4.71 Å². The second kappa shape index (κ2) is 3.83. The number of alkyl halides is 1. The summed E-state index contributed by atoms with van der Waals surface area (Å²) in [6.45, 7) is 2.02. The fourth-order valence-electron chi connectivity index (χ4n) is 1.32. The molecular weight excluding hydrogens is 218 g/mol. The van der Waals surface area contributed by atoms with E-state index in [4.69, 9.17) is 11.6 Å². The van der Waals surface area contributed by atoms with Crippen LogP contribution >= 0.6 is 23.4 Å². The smallest absolute Gasteiger partial charge is 0.256 e. The summed E-state index contributed by atoms with van der Waals surface area (Å²) in [4.78, 5) is 13.3. The van der Waals surface area contributed by atoms with E-state index in [0.29, 0.717) is 5.88 Å². The highest BCUT2D eigenvalue weighted by Crippen LogP contribution is 2.31. The third-order valence-electron chi connectivity index (χ3n) is 2.16. The molecule has 1 aromatic carbocycles. The van der Waals surface area contributed by atoms with Crippen LogP contribution in [0.5, 0.6) is 0 Å². The molecular formula is C10H10ClNOS. The average Bonchev–Trinajstić information content (AvgIpc) is 2.50. The van der Waals surface area contributed by atoms with Crippen LogP contribution in [0.1, 0.15) is 5.56 Å². The molecule has 0 radical (unpaired) electrons. The molecule has 1 fully saturated rings. The third-order valence-corrected chi connectivity index (χ3v) is 3.62. The molecule has 4 heteroatoms. The van der Waals surface area contributed by atoms with Crippen LogP contribution in [-0.2, 0) is 4.79 Å². The normalized spacial score (nSPS) is 21.7. The number of aryl methyl sites for hydroxylation is 1. The fourth-order valence-corrected chi connectivity index (χ4v) is 2.44. The van der Waals surface area contributed by atoms with Gasteiger partial charge in [0.25, 0.3) is 5.91 Å². The molecule has 14 heavy (non-hydrogen) atoms. The monoisotopic (exact) mass is 227 g/mol. The molecule has 74 valence electrons. The first-order chi connectivity index (χ1) is 6.68. The van der Waals surface area contributed by atoms with Crippen molar-refractivity contribution in [3.05, 3.63) is 29.8 Å². The van der Waals surface area contributed by atoms with Gasteiger partial charge in [-0.05, 0) is 19.1 Å². The number of amides is 1. The highest BCUT2D eigenvalue weighted by Gasteiger charge is 2.31. The van der Waals surface area contributed by atoms with Crippen LogP contribution < -0.4 is 4.90 Å². The van der Waals surface area contributed by atoms with E-state index in [2.05, 4.69) is 0 Å². The molecule has 2 rings (SSSR count). The first kappa shape index (κ1) is 9.87. The molecule has 1 unspecified atom stereocenters. The van der Waals surface area contributed by atoms with Gasteiger partial charge in [0.2, 0.25) is 0 Å². The fraction of sp³-hybridized carbons (Fsp3) is 0.300. The van der Waals surface area contributed by atoms with E-state index in [-0.39, 0.29) is 5.91 Å². The second-order valence-corrected chi connectivity index (χ2v) is 4.97. The first-order valence-electron chi connectivity index (χ1n) is 4.32. The Kier molecular flexibility index (Phi) is 2.70. The summed E-state index contributed by atoms with van der Waals surface area (Å²) >= 11 is 7.26. The zero-order valence-corrected chi connectivity index (χ0v) is 9.31. The summed E-state index contributed by atoms with van der Waals surface area (Å²) in [5, 5.41) is 0. The molecule has 0 aromatic heterocycles. The topological polar surface area (TPSA) is 20.3 Å². The number of thioether (sulfide) groups is 1. The highest BCUT2D eigenvalue weighted by molar-refractivity contribution is 8.02. The Morgan fingerprint density at radius 1 is 1.43 bits per heavy atom. The molecule has 0 aliphatic carbocycles. The van der Waals surface area contributed by atoms with E-state index >= 15 is 0 Å². The molecule has 1 amide bonds. The van der Waals surface area contributed by atoms with Crippen molar-refractivity contribution in [2.75, 3.05) is 10.8 Å². The minimum atomic E-state index is -0.420. The molecule has 0 spiro atoms. The lowest BCUT2D eigenvalue weighted by molar-refractivity contribution is -0.116. The van der Waals surface area contributed by atoms with E-state index < -0.39 is 4.71 Å². The van der Waals surface area contributed by atoms with Crippen LogP contribution in [0, 0.1) is 6.92 Å². The van der Waals surface area contributed by atoms with Crippen LogP contribution in [0.25, 0.3) is 0 Å². The van der Waals surface area contributed by atoms with Crippen LogP contribution in [0.4, 0.5) is 5.69 Å². The van der Waals surface area contributed by atoms with Gasteiger partial charge in [-0.2, -0.15) is 0 Å². The van der Waals surface area contributed by atoms with Gasteiger partial charge in [-0.15, -0.1) is 23.4 Å². The van der Waals surface area contributed by atoms with E-state index in [1.807, 2.05) is 31.2 Å². The van der Waals surface area contributed by atoms with Crippen molar-refractivity contribution in [2.45, 2.75) is 11.6 Å². The lowest BCUT2D eigenvalue weighted by Crippen LogP contribution is -2.27. The molecule has 2 nitrogen and oxygen atoms in total. The third kappa shape index (κ3) is 1.74. The predicted octanol–water partition coefficient (Wildman–Crippen LogP) is 2.60. The Morgan fingerprint density at radius 2 is 2.07 bits per heavy atom. The van der Waals surface area contributed by atoms with Gasteiger partial charge in [0.1, 0.15) is 0 Å². The van der Waals surface area contributed by atoms with E-state index in [9.17, 15) is 4.79 Å². The summed E-state index contributed by atoms with van der Waals surface area (Å²) in [6, 6.07) is 7.88. The Bertz CT molecular complexity index is 352. The molecule has 1 aromatic rings. The van der Waals surface area contributed by atoms with Crippen molar-refractivity contribution >= 4 is 35.0 Å². The zero-order chi connectivity index (χ0) is 10.1. The Morgan fingerprint density at radius 3 is 2.57 bits per heavy atom. The second-order valence-electron chi connectivity index (χ2n) is 3.21. The summed E-state index contributed by atoms with van der Waals surface area (Å²) in [7, 11) is 0. The number of hydrogen-bond acceptors (Lipinski definition) is 2. The summed E-state index contributed by atoms with van der Waals surface area (Å²) in [6.07, 6.45) is 0. The Balaban J connectivity index is 2.24. The number of rotatable bonds is 1. The van der Waals surface area contributed by atoms with Gasteiger partial charge in [-0.3, -0.25) is 4.79 Å². The largest absolute Gasteiger partial charge is 0.301 e. The Labute approximate surface area is 92.2 Å². The highest BCUT2D eigenvalue weighted by atomic mass is 35.5. The first-order valence-corrected chi connectivity index (χ1v) is 5.81. The van der Waals surface area contributed by atoms with E-state index in [1.165, 1.54) is 17.3 Å². The lowest BCUT2D eigenvalue weighted by Gasteiger charge is -2.14. The van der Waals surface area contributed by atoms with E-state index in [0.717, 1.165) is 5.69 Å². The van der Waals surface area contributed by atoms with Crippen molar-refractivity contribution in [1.82, 2.24) is 0 Å². The Hall–Kier alpha value is -0.670. The molecule has 1 aliphatic rings. The van der Waals surface area contributed by atoms with Crippen LogP contribution in [0.3, 0.4) is 0 Å². The van der Waals surface area contributed by atoms with E-state index in [1.54, 1.807) is 4.90 Å². The summed E-state index contributed by atoms with van der Waals surface area (Å²) < 4.78 is -0.420. The minimum Gasteiger partial charge on any atom is -0.301 e. The molecule has 0 saturated carbocycles. The van der Waals surface area contributed by atoms with Gasteiger partial charge in [-0.25, -0.2) is 0 Å². The lowest BCUT2D eigenvalue weighted by atomic mass is 10.2. The molecule has 1 heterocycles. The zero-order valence-electron chi connectivity index (χ0n) is 7.74. The van der Waals surface area contributed by atoms with Gasteiger partial charge < -0.3 is 4.90 Å². The van der Waals surface area contributed by atoms with Crippen molar-refractivity contribution in [2.24, 2.45) is 0 Å². The van der Waals surface area contributed by atoms with Crippen molar-refractivity contribution in [1.29, 1.82) is 0 Å². The molecule has 0 N–H and O–H groups in total. The molecule has 1 aliphatic heterocycles. The SMILES string of the molecule is Cc1ccc(N2CSC(Cl)C2=O)cc1.